The number of benzene rings is 1. The van der Waals surface area contributed by atoms with E-state index in [1.54, 1.807) is 0 Å². The first-order valence-electron chi connectivity index (χ1n) is 9.91. The quantitative estimate of drug-likeness (QED) is 0.901. The monoisotopic (exact) mass is 353 g/mol. The van der Waals surface area contributed by atoms with Crippen LogP contribution >= 0.6 is 0 Å². The van der Waals surface area contributed by atoms with Crippen molar-refractivity contribution in [3.63, 3.8) is 0 Å². The van der Waals surface area contributed by atoms with E-state index >= 15 is 0 Å². The lowest BCUT2D eigenvalue weighted by Crippen LogP contribution is -2.49. The molecule has 5 nitrogen and oxygen atoms in total. The van der Waals surface area contributed by atoms with Crippen LogP contribution in [-0.4, -0.2) is 60.2 Å². The van der Waals surface area contributed by atoms with Crippen LogP contribution in [0.5, 0.6) is 0 Å². The number of likely N-dealkylation sites (tertiary alicyclic amines) is 2. The Hall–Kier alpha value is -2.01. The molecule has 3 heterocycles. The Morgan fingerprint density at radius 1 is 1.31 bits per heavy atom. The van der Waals surface area contributed by atoms with Crippen molar-refractivity contribution < 1.29 is 9.53 Å². The van der Waals surface area contributed by atoms with E-state index in [4.69, 9.17) is 4.74 Å². The molecule has 5 rings (SSSR count). The Labute approximate surface area is 154 Å². The lowest BCUT2D eigenvalue weighted by atomic mass is 9.72. The highest BCUT2D eigenvalue weighted by Crippen LogP contribution is 2.44. The number of ether oxygens (including phenoxy) is 1. The second kappa shape index (κ2) is 6.31. The number of amides is 1. The van der Waals surface area contributed by atoms with Crippen LogP contribution in [0.3, 0.4) is 0 Å². The largest absolute Gasteiger partial charge is 0.449 e. The van der Waals surface area contributed by atoms with Gasteiger partial charge in [0, 0.05) is 54.6 Å². The molecule has 0 radical (unpaired) electrons. The van der Waals surface area contributed by atoms with Crippen LogP contribution in [0.4, 0.5) is 4.79 Å². The predicted octanol–water partition coefficient (Wildman–Crippen LogP) is 3.36. The van der Waals surface area contributed by atoms with Crippen LogP contribution in [0.25, 0.3) is 10.9 Å². The predicted molar refractivity (Wildman–Crippen MR) is 101 cm³/mol. The number of H-pyrrole nitrogens is 1. The third kappa shape index (κ3) is 2.60. The molecule has 2 aliphatic heterocycles. The maximum atomic E-state index is 12.2. The van der Waals surface area contributed by atoms with Gasteiger partial charge in [-0.3, -0.25) is 0 Å². The first-order valence-corrected chi connectivity index (χ1v) is 9.91. The van der Waals surface area contributed by atoms with Gasteiger partial charge < -0.3 is 19.5 Å². The third-order valence-electron chi connectivity index (χ3n) is 6.62. The number of nitrogens with zero attached hydrogens (tertiary/aromatic N) is 2. The number of rotatable bonds is 2. The molecule has 1 unspecified atom stereocenters. The molecule has 1 amide bonds. The summed E-state index contributed by atoms with van der Waals surface area (Å²) in [6.07, 6.45) is 6.49. The zero-order valence-corrected chi connectivity index (χ0v) is 15.4. The van der Waals surface area contributed by atoms with E-state index in [2.05, 4.69) is 41.3 Å². The topological polar surface area (TPSA) is 48.6 Å². The fourth-order valence-corrected chi connectivity index (χ4v) is 5.35. The highest BCUT2D eigenvalue weighted by Gasteiger charge is 2.39. The normalized spacial score (nSPS) is 28.3. The fourth-order valence-electron chi connectivity index (χ4n) is 5.35. The minimum Gasteiger partial charge on any atom is -0.449 e. The van der Waals surface area contributed by atoms with Gasteiger partial charge in [-0.2, -0.15) is 0 Å². The van der Waals surface area contributed by atoms with Crippen LogP contribution in [0.2, 0.25) is 0 Å². The third-order valence-corrected chi connectivity index (χ3v) is 6.62. The number of carbonyl (C=O) groups excluding carboxylic acids is 1. The summed E-state index contributed by atoms with van der Waals surface area (Å²) >= 11 is 0. The Bertz CT molecular complexity index is 824. The molecule has 1 N–H and O–H groups in total. The summed E-state index contributed by atoms with van der Waals surface area (Å²) < 4.78 is 5.68. The molecular weight excluding hydrogens is 326 g/mol. The number of aromatic nitrogens is 1. The number of hydrogen-bond donors (Lipinski definition) is 1. The summed E-state index contributed by atoms with van der Waals surface area (Å²) in [4.78, 5) is 20.0. The van der Waals surface area contributed by atoms with Gasteiger partial charge in [-0.25, -0.2) is 4.79 Å². The number of piperidine rings is 1. The molecule has 0 saturated carbocycles. The van der Waals surface area contributed by atoms with E-state index in [-0.39, 0.29) is 6.09 Å². The first-order chi connectivity index (χ1) is 12.7. The summed E-state index contributed by atoms with van der Waals surface area (Å²) in [7, 11) is 2.23. The summed E-state index contributed by atoms with van der Waals surface area (Å²) in [5.41, 5.74) is 4.17. The van der Waals surface area contributed by atoms with Gasteiger partial charge >= 0.3 is 6.09 Å². The molecule has 3 aliphatic rings. The molecule has 5 heteroatoms. The molecule has 26 heavy (non-hydrogen) atoms. The van der Waals surface area contributed by atoms with Gasteiger partial charge in [-0.1, -0.05) is 12.1 Å². The van der Waals surface area contributed by atoms with Crippen molar-refractivity contribution in [1.82, 2.24) is 14.8 Å². The number of likely N-dealkylation sites (N-methyl/N-ethyl adjacent to an activating group) is 1. The van der Waals surface area contributed by atoms with Crippen LogP contribution in [0.1, 0.15) is 36.3 Å². The van der Waals surface area contributed by atoms with Crippen LogP contribution in [0, 0.1) is 5.92 Å². The summed E-state index contributed by atoms with van der Waals surface area (Å²) in [5.74, 6) is 0.930. The van der Waals surface area contributed by atoms with E-state index in [0.717, 1.165) is 45.3 Å². The highest BCUT2D eigenvalue weighted by atomic mass is 16.6. The van der Waals surface area contributed by atoms with E-state index in [9.17, 15) is 4.79 Å². The zero-order valence-electron chi connectivity index (χ0n) is 15.4. The average Bonchev–Trinajstić information content (AvgIpc) is 3.32. The van der Waals surface area contributed by atoms with E-state index < -0.39 is 0 Å². The number of hydrogen-bond acceptors (Lipinski definition) is 3. The summed E-state index contributed by atoms with van der Waals surface area (Å²) in [6, 6.07) is 7.18. The van der Waals surface area contributed by atoms with Gasteiger partial charge in [0.05, 0.1) is 6.61 Å². The molecular formula is C21H27N3O2. The minimum absolute atomic E-state index is 0.119. The van der Waals surface area contributed by atoms with Crippen molar-refractivity contribution in [1.29, 1.82) is 0 Å². The summed E-state index contributed by atoms with van der Waals surface area (Å²) in [5, 5.41) is 1.43. The van der Waals surface area contributed by atoms with Crippen LogP contribution in [-0.2, 0) is 11.2 Å². The van der Waals surface area contributed by atoms with Gasteiger partial charge in [0.15, 0.2) is 0 Å². The number of fused-ring (bicyclic) bond motifs is 2. The lowest BCUT2D eigenvalue weighted by molar-refractivity contribution is 0.0499. The second-order valence-corrected chi connectivity index (χ2v) is 8.27. The molecule has 2 fully saturated rings. The summed E-state index contributed by atoms with van der Waals surface area (Å²) in [6.45, 7) is 3.25. The van der Waals surface area contributed by atoms with Crippen molar-refractivity contribution in [2.24, 2.45) is 5.92 Å². The Morgan fingerprint density at radius 3 is 3.00 bits per heavy atom. The van der Waals surface area contributed by atoms with Gasteiger partial charge in [-0.15, -0.1) is 0 Å². The minimum atomic E-state index is -0.119. The molecule has 3 atom stereocenters. The van der Waals surface area contributed by atoms with Gasteiger partial charge in [0.25, 0.3) is 0 Å². The maximum absolute atomic E-state index is 12.2. The maximum Gasteiger partial charge on any atom is 0.409 e. The second-order valence-electron chi connectivity index (χ2n) is 8.27. The SMILES string of the molecule is CN1CC(COC(=O)N2CCCC2)C[C@H]2c3cccc4[nH]cc(c34)C[C@@H]21. The lowest BCUT2D eigenvalue weighted by Gasteiger charge is -2.45. The molecule has 138 valence electrons. The van der Waals surface area contributed by atoms with E-state index in [0.29, 0.717) is 24.5 Å². The van der Waals surface area contributed by atoms with E-state index in [1.165, 1.54) is 22.0 Å². The average molecular weight is 353 g/mol. The van der Waals surface area contributed by atoms with Crippen LogP contribution < -0.4 is 0 Å². The van der Waals surface area contributed by atoms with Crippen molar-refractivity contribution >= 4 is 17.0 Å². The number of nitrogens with one attached hydrogen (secondary N) is 1. The molecule has 2 saturated heterocycles. The smallest absolute Gasteiger partial charge is 0.409 e. The van der Waals surface area contributed by atoms with Gasteiger partial charge in [-0.05, 0) is 49.9 Å². The number of aromatic amines is 1. The first kappa shape index (κ1) is 16.2. The van der Waals surface area contributed by atoms with E-state index in [1.807, 2.05) is 4.90 Å². The molecule has 1 aromatic heterocycles. The molecule has 0 bridgehead atoms. The van der Waals surface area contributed by atoms with Crippen molar-refractivity contribution in [2.45, 2.75) is 37.6 Å². The Kier molecular flexibility index (Phi) is 3.92. The zero-order chi connectivity index (χ0) is 17.7. The Balaban J connectivity index is 1.33. The molecule has 2 aromatic rings. The number of carbonyl (C=O) groups is 1. The standard InChI is InChI=1S/C21H27N3O2/c1-23-12-14(13-26-21(25)24-7-2-3-8-24)9-17-16-5-4-6-18-20(16)15(11-22-18)10-19(17)23/h4-6,11,14,17,19,22H,2-3,7-10,12-13H2,1H3/t14?,17-,19-/m0/s1. The fraction of sp³-hybridized carbons (Fsp3) is 0.571. The van der Waals surface area contributed by atoms with Gasteiger partial charge in [0.1, 0.15) is 0 Å². The van der Waals surface area contributed by atoms with Crippen molar-refractivity contribution in [3.05, 3.63) is 35.5 Å². The van der Waals surface area contributed by atoms with Crippen molar-refractivity contribution in [3.8, 4) is 0 Å². The van der Waals surface area contributed by atoms with Gasteiger partial charge in [0.2, 0.25) is 0 Å². The Morgan fingerprint density at radius 2 is 2.15 bits per heavy atom. The highest BCUT2D eigenvalue weighted by molar-refractivity contribution is 5.88. The molecule has 1 aromatic carbocycles. The molecule has 1 aliphatic carbocycles. The van der Waals surface area contributed by atoms with Crippen LogP contribution in [0.15, 0.2) is 24.4 Å². The molecule has 0 spiro atoms. The van der Waals surface area contributed by atoms with Crippen molar-refractivity contribution in [2.75, 3.05) is 33.3 Å².